The maximum Gasteiger partial charge on any atom is 0.356 e. The van der Waals surface area contributed by atoms with Crippen LogP contribution in [-0.2, 0) is 24.8 Å². The minimum Gasteiger partial charge on any atom is -0.321 e. The number of hydrazine groups is 1. The number of amides is 2. The summed E-state index contributed by atoms with van der Waals surface area (Å²) < 4.78 is 78.7. The summed E-state index contributed by atoms with van der Waals surface area (Å²) in [6.45, 7) is 0. The molecule has 0 heterocycles. The van der Waals surface area contributed by atoms with Crippen LogP contribution in [0.25, 0.3) is 10.8 Å². The summed E-state index contributed by atoms with van der Waals surface area (Å²) in [5, 5.41) is 5.89. The summed E-state index contributed by atoms with van der Waals surface area (Å²) in [5.41, 5.74) is 4.06. The highest BCUT2D eigenvalue weighted by Crippen LogP contribution is 2.34. The van der Waals surface area contributed by atoms with Crippen LogP contribution in [0.15, 0.2) is 88.7 Å². The SMILES string of the molecule is CN(Nc1ccc(NC(=O)Nc2cccc(P(=O)(O)O)c2)cc1)c1cc(S(=O)(=O)O)c2cccc(S(=O)(=O)O)c2c1. The van der Waals surface area contributed by atoms with E-state index in [2.05, 4.69) is 16.1 Å². The van der Waals surface area contributed by atoms with E-state index >= 15 is 0 Å². The maximum atomic E-state index is 12.3. The lowest BCUT2D eigenvalue weighted by Crippen LogP contribution is -2.25. The van der Waals surface area contributed by atoms with Gasteiger partial charge in [0.15, 0.2) is 0 Å². The Morgan fingerprint density at radius 3 is 1.93 bits per heavy atom. The van der Waals surface area contributed by atoms with Crippen LogP contribution in [0.4, 0.5) is 27.5 Å². The second-order valence-corrected chi connectivity index (χ2v) is 13.1. The zero-order chi connectivity index (χ0) is 30.2. The monoisotopic (exact) mass is 622 g/mol. The average molecular weight is 623 g/mol. The normalized spacial score (nSPS) is 12.1. The summed E-state index contributed by atoms with van der Waals surface area (Å²) in [6.07, 6.45) is 0. The van der Waals surface area contributed by atoms with Crippen LogP contribution < -0.4 is 26.4 Å². The third-order valence-corrected chi connectivity index (χ3v) is 8.48. The van der Waals surface area contributed by atoms with Gasteiger partial charge in [-0.2, -0.15) is 16.8 Å². The molecule has 0 aliphatic heterocycles. The molecule has 216 valence electrons. The van der Waals surface area contributed by atoms with Crippen molar-refractivity contribution in [1.29, 1.82) is 0 Å². The third kappa shape index (κ3) is 7.20. The number of carbonyl (C=O) groups is 1. The molecule has 41 heavy (non-hydrogen) atoms. The Labute approximate surface area is 234 Å². The summed E-state index contributed by atoms with van der Waals surface area (Å²) in [6, 6.07) is 16.8. The van der Waals surface area contributed by atoms with Gasteiger partial charge in [-0.3, -0.25) is 24.1 Å². The molecule has 0 spiro atoms. The van der Waals surface area contributed by atoms with E-state index in [1.807, 2.05) is 0 Å². The van der Waals surface area contributed by atoms with Crippen LogP contribution >= 0.6 is 7.60 Å². The first-order valence-electron chi connectivity index (χ1n) is 11.4. The van der Waals surface area contributed by atoms with E-state index in [1.165, 1.54) is 60.6 Å². The van der Waals surface area contributed by atoms with Gasteiger partial charge >= 0.3 is 13.6 Å². The molecule has 0 aliphatic carbocycles. The lowest BCUT2D eigenvalue weighted by atomic mass is 10.1. The Balaban J connectivity index is 1.53. The van der Waals surface area contributed by atoms with Crippen LogP contribution in [-0.4, -0.2) is 48.8 Å². The van der Waals surface area contributed by atoms with Crippen molar-refractivity contribution in [3.63, 3.8) is 0 Å². The molecule has 0 atom stereocenters. The van der Waals surface area contributed by atoms with Crippen molar-refractivity contribution in [2.45, 2.75) is 9.79 Å². The molecule has 0 unspecified atom stereocenters. The Hall–Kier alpha value is -4.02. The number of rotatable bonds is 8. The highest BCUT2D eigenvalue weighted by Gasteiger charge is 2.22. The third-order valence-electron chi connectivity index (χ3n) is 5.73. The minimum atomic E-state index is -4.79. The van der Waals surface area contributed by atoms with Crippen molar-refractivity contribution >= 4 is 72.7 Å². The maximum absolute atomic E-state index is 12.3. The smallest absolute Gasteiger partial charge is 0.321 e. The Morgan fingerprint density at radius 2 is 1.32 bits per heavy atom. The zero-order valence-corrected chi connectivity index (χ0v) is 23.5. The highest BCUT2D eigenvalue weighted by atomic mass is 32.2. The van der Waals surface area contributed by atoms with E-state index in [0.717, 1.165) is 18.2 Å². The number of hydrogen-bond acceptors (Lipinski definition) is 8. The molecule has 0 aromatic heterocycles. The number of anilines is 4. The number of urea groups is 1. The topological polar surface area (TPSA) is 223 Å². The summed E-state index contributed by atoms with van der Waals surface area (Å²) in [7, 11) is -12.5. The first-order valence-corrected chi connectivity index (χ1v) is 15.9. The van der Waals surface area contributed by atoms with Gasteiger partial charge in [0, 0.05) is 29.2 Å². The van der Waals surface area contributed by atoms with Crippen LogP contribution in [0.5, 0.6) is 0 Å². The van der Waals surface area contributed by atoms with Gasteiger partial charge in [0.25, 0.3) is 20.2 Å². The van der Waals surface area contributed by atoms with Crippen molar-refractivity contribution in [3.8, 4) is 0 Å². The van der Waals surface area contributed by atoms with Crippen molar-refractivity contribution in [3.05, 3.63) is 78.9 Å². The van der Waals surface area contributed by atoms with E-state index in [4.69, 9.17) is 0 Å². The average Bonchev–Trinajstić information content (AvgIpc) is 2.87. The number of nitrogens with one attached hydrogen (secondary N) is 3. The van der Waals surface area contributed by atoms with Crippen molar-refractivity contribution in [2.24, 2.45) is 0 Å². The van der Waals surface area contributed by atoms with Gasteiger partial charge in [-0.15, -0.1) is 0 Å². The highest BCUT2D eigenvalue weighted by molar-refractivity contribution is 7.86. The van der Waals surface area contributed by atoms with Crippen molar-refractivity contribution < 1.29 is 45.1 Å². The van der Waals surface area contributed by atoms with E-state index in [9.17, 15) is 45.1 Å². The molecule has 7 N–H and O–H groups in total. The minimum absolute atomic E-state index is 0.109. The molecule has 0 saturated heterocycles. The molecule has 0 saturated carbocycles. The van der Waals surface area contributed by atoms with Gasteiger partial charge in [0.2, 0.25) is 0 Å². The molecule has 4 aromatic rings. The predicted octanol–water partition coefficient (Wildman–Crippen LogP) is 3.24. The Kier molecular flexibility index (Phi) is 8.11. The first kappa shape index (κ1) is 30.0. The molecule has 0 aliphatic rings. The molecule has 0 radical (unpaired) electrons. The van der Waals surface area contributed by atoms with Crippen molar-refractivity contribution in [1.82, 2.24) is 0 Å². The molecular formula is C24H23N4O10PS2. The molecule has 0 bridgehead atoms. The largest absolute Gasteiger partial charge is 0.356 e. The summed E-state index contributed by atoms with van der Waals surface area (Å²) in [5.74, 6) is 0. The van der Waals surface area contributed by atoms with Gasteiger partial charge in [-0.1, -0.05) is 18.2 Å². The molecule has 4 aromatic carbocycles. The number of nitrogens with zero attached hydrogens (tertiary/aromatic N) is 1. The fraction of sp³-hybridized carbons (Fsp3) is 0.0417. The van der Waals surface area contributed by atoms with Gasteiger partial charge in [0.05, 0.1) is 16.7 Å². The van der Waals surface area contributed by atoms with E-state index in [0.29, 0.717) is 11.4 Å². The standard InChI is InChI=1S/C24H23N4O10PS2/c1-28(18-13-21-20(23(14-18)41(36,37)38)6-3-7-22(21)40(33,34)35)27-16-10-8-15(9-11-16)25-24(29)26-17-4-2-5-19(12-17)39(30,31)32/h2-14,27H,1H3,(H2,25,26,29)(H2,30,31,32)(H,33,34,35)(H,36,37,38). The van der Waals surface area contributed by atoms with Gasteiger partial charge in [0.1, 0.15) is 9.79 Å². The lowest BCUT2D eigenvalue weighted by molar-refractivity contribution is 0.262. The first-order chi connectivity index (χ1) is 19.0. The molecule has 2 amide bonds. The number of benzene rings is 4. The summed E-state index contributed by atoms with van der Waals surface area (Å²) >= 11 is 0. The van der Waals surface area contributed by atoms with Crippen molar-refractivity contribution in [2.75, 3.05) is 28.1 Å². The number of fused-ring (bicyclic) bond motifs is 1. The van der Waals surface area contributed by atoms with Gasteiger partial charge in [-0.05, 0) is 60.7 Å². The second kappa shape index (κ2) is 11.1. The molecule has 0 fully saturated rings. The van der Waals surface area contributed by atoms with Gasteiger partial charge < -0.3 is 20.4 Å². The zero-order valence-electron chi connectivity index (χ0n) is 21.0. The molecular weight excluding hydrogens is 599 g/mol. The predicted molar refractivity (Wildman–Crippen MR) is 153 cm³/mol. The molecule has 14 nitrogen and oxygen atoms in total. The van der Waals surface area contributed by atoms with Crippen LogP contribution in [0.2, 0.25) is 0 Å². The lowest BCUT2D eigenvalue weighted by Gasteiger charge is -2.23. The van der Waals surface area contributed by atoms with E-state index < -0.39 is 43.7 Å². The molecule has 17 heteroatoms. The second-order valence-electron chi connectivity index (χ2n) is 8.67. The van der Waals surface area contributed by atoms with Crippen LogP contribution in [0.1, 0.15) is 0 Å². The number of hydrogen-bond donors (Lipinski definition) is 7. The Morgan fingerprint density at radius 1 is 0.732 bits per heavy atom. The fourth-order valence-corrected chi connectivity index (χ4v) is 5.90. The molecule has 4 rings (SSSR count). The van der Waals surface area contributed by atoms with Crippen LogP contribution in [0, 0.1) is 0 Å². The number of carbonyl (C=O) groups excluding carboxylic acids is 1. The van der Waals surface area contributed by atoms with E-state index in [-0.39, 0.29) is 27.5 Å². The Bertz CT molecular complexity index is 1910. The summed E-state index contributed by atoms with van der Waals surface area (Å²) in [4.78, 5) is 29.8. The van der Waals surface area contributed by atoms with Gasteiger partial charge in [-0.25, -0.2) is 4.79 Å². The fourth-order valence-electron chi connectivity index (χ4n) is 3.89. The quantitative estimate of drug-likeness (QED) is 0.0855. The van der Waals surface area contributed by atoms with Crippen LogP contribution in [0.3, 0.4) is 0 Å². The van der Waals surface area contributed by atoms with E-state index in [1.54, 1.807) is 12.1 Å².